The number of sulfone groups is 1. The predicted molar refractivity (Wildman–Crippen MR) is 115 cm³/mol. The maximum absolute atomic E-state index is 12.2. The summed E-state index contributed by atoms with van der Waals surface area (Å²) in [7, 11) is -3.21. The average molecular weight is 433 g/mol. The van der Waals surface area contributed by atoms with E-state index in [9.17, 15) is 13.2 Å². The van der Waals surface area contributed by atoms with Crippen LogP contribution >= 0.6 is 0 Å². The lowest BCUT2D eigenvalue weighted by molar-refractivity contribution is -0.116. The smallest absolute Gasteiger partial charge is 0.224 e. The van der Waals surface area contributed by atoms with E-state index in [1.165, 1.54) is 18.4 Å². The molecular formula is C22H28N2O5S. The zero-order valence-corrected chi connectivity index (χ0v) is 18.0. The number of rotatable bonds is 9. The molecule has 1 aliphatic heterocycles. The van der Waals surface area contributed by atoms with E-state index in [0.717, 1.165) is 44.1 Å². The largest absolute Gasteiger partial charge is 0.494 e. The summed E-state index contributed by atoms with van der Waals surface area (Å²) in [6, 6.07) is 14.2. The van der Waals surface area contributed by atoms with Crippen molar-refractivity contribution in [1.29, 1.82) is 0 Å². The van der Waals surface area contributed by atoms with Gasteiger partial charge in [-0.2, -0.15) is 0 Å². The van der Waals surface area contributed by atoms with E-state index in [1.807, 2.05) is 18.2 Å². The van der Waals surface area contributed by atoms with Crippen molar-refractivity contribution in [2.24, 2.45) is 0 Å². The number of morpholine rings is 1. The standard InChI is InChI=1S/C22H28N2O5S/c1-30(26,27)21-9-7-20(8-10-21)29-13-3-6-22(25)23-19-5-2-4-18(16-19)17-24-11-14-28-15-12-24/h2,4-5,7-10,16H,3,6,11-15,17H2,1H3,(H,23,25). The zero-order valence-electron chi connectivity index (χ0n) is 17.2. The molecule has 1 saturated heterocycles. The minimum atomic E-state index is -3.21. The molecule has 2 aromatic carbocycles. The Bertz CT molecular complexity index is 938. The first-order valence-corrected chi connectivity index (χ1v) is 11.9. The minimum Gasteiger partial charge on any atom is -0.494 e. The molecule has 1 fully saturated rings. The van der Waals surface area contributed by atoms with Crippen molar-refractivity contribution in [3.63, 3.8) is 0 Å². The van der Waals surface area contributed by atoms with Gasteiger partial charge in [-0.15, -0.1) is 0 Å². The summed E-state index contributed by atoms with van der Waals surface area (Å²) in [5.41, 5.74) is 1.96. The summed E-state index contributed by atoms with van der Waals surface area (Å²) >= 11 is 0. The van der Waals surface area contributed by atoms with Gasteiger partial charge in [0.2, 0.25) is 5.91 Å². The molecule has 7 nitrogen and oxygen atoms in total. The molecule has 2 aromatic rings. The molecule has 0 radical (unpaired) electrons. The Morgan fingerprint density at radius 1 is 1.13 bits per heavy atom. The molecule has 1 aliphatic rings. The van der Waals surface area contributed by atoms with Crippen LogP contribution in [0.1, 0.15) is 18.4 Å². The third kappa shape index (κ3) is 7.12. The van der Waals surface area contributed by atoms with Crippen molar-refractivity contribution in [3.05, 3.63) is 54.1 Å². The van der Waals surface area contributed by atoms with E-state index >= 15 is 0 Å². The first-order chi connectivity index (χ1) is 14.4. The lowest BCUT2D eigenvalue weighted by atomic mass is 10.1. The highest BCUT2D eigenvalue weighted by atomic mass is 32.2. The van der Waals surface area contributed by atoms with Crippen molar-refractivity contribution >= 4 is 21.4 Å². The van der Waals surface area contributed by atoms with Gasteiger partial charge in [0.15, 0.2) is 9.84 Å². The van der Waals surface area contributed by atoms with Crippen LogP contribution in [-0.2, 0) is 25.9 Å². The maximum Gasteiger partial charge on any atom is 0.224 e. The molecule has 0 aliphatic carbocycles. The summed E-state index contributed by atoms with van der Waals surface area (Å²) in [4.78, 5) is 14.8. The van der Waals surface area contributed by atoms with Crippen LogP contribution < -0.4 is 10.1 Å². The van der Waals surface area contributed by atoms with Gasteiger partial charge >= 0.3 is 0 Å². The van der Waals surface area contributed by atoms with Crippen LogP contribution in [0.15, 0.2) is 53.4 Å². The van der Waals surface area contributed by atoms with Crippen LogP contribution in [0, 0.1) is 0 Å². The Balaban J connectivity index is 1.40. The normalized spacial score (nSPS) is 15.0. The fourth-order valence-electron chi connectivity index (χ4n) is 3.19. The summed E-state index contributed by atoms with van der Waals surface area (Å²) in [6.07, 6.45) is 2.07. The maximum atomic E-state index is 12.2. The number of benzene rings is 2. The molecule has 0 atom stereocenters. The third-order valence-electron chi connectivity index (χ3n) is 4.79. The van der Waals surface area contributed by atoms with Crippen molar-refractivity contribution in [2.75, 3.05) is 44.5 Å². The number of hydrogen-bond acceptors (Lipinski definition) is 6. The number of nitrogens with one attached hydrogen (secondary N) is 1. The molecule has 1 N–H and O–H groups in total. The topological polar surface area (TPSA) is 84.9 Å². The molecular weight excluding hydrogens is 404 g/mol. The van der Waals surface area contributed by atoms with Crippen molar-refractivity contribution in [2.45, 2.75) is 24.3 Å². The Hall–Kier alpha value is -2.42. The van der Waals surface area contributed by atoms with E-state index in [2.05, 4.69) is 16.3 Å². The van der Waals surface area contributed by atoms with E-state index in [1.54, 1.807) is 12.1 Å². The highest BCUT2D eigenvalue weighted by molar-refractivity contribution is 7.90. The van der Waals surface area contributed by atoms with Gasteiger partial charge in [-0.3, -0.25) is 9.69 Å². The highest BCUT2D eigenvalue weighted by Gasteiger charge is 2.11. The first kappa shape index (κ1) is 22.3. The van der Waals surface area contributed by atoms with E-state index in [4.69, 9.17) is 9.47 Å². The zero-order chi connectivity index (χ0) is 21.4. The van der Waals surface area contributed by atoms with Crippen molar-refractivity contribution in [3.8, 4) is 5.75 Å². The predicted octanol–water partition coefficient (Wildman–Crippen LogP) is 2.72. The van der Waals surface area contributed by atoms with Gasteiger partial charge in [-0.05, 0) is 48.4 Å². The lowest BCUT2D eigenvalue weighted by Crippen LogP contribution is -2.35. The third-order valence-corrected chi connectivity index (χ3v) is 5.92. The van der Waals surface area contributed by atoms with Crippen LogP contribution in [0.25, 0.3) is 0 Å². The summed E-state index contributed by atoms with van der Waals surface area (Å²) in [6.45, 7) is 4.60. The second kappa shape index (κ2) is 10.6. The molecule has 0 aromatic heterocycles. The van der Waals surface area contributed by atoms with Gasteiger partial charge < -0.3 is 14.8 Å². The van der Waals surface area contributed by atoms with Crippen LogP contribution in [0.2, 0.25) is 0 Å². The molecule has 162 valence electrons. The van der Waals surface area contributed by atoms with Gasteiger partial charge in [-0.25, -0.2) is 8.42 Å². The van der Waals surface area contributed by atoms with Gasteiger partial charge in [0, 0.05) is 38.0 Å². The highest BCUT2D eigenvalue weighted by Crippen LogP contribution is 2.17. The Morgan fingerprint density at radius 2 is 1.87 bits per heavy atom. The molecule has 0 unspecified atom stereocenters. The van der Waals surface area contributed by atoms with Gasteiger partial charge in [0.1, 0.15) is 5.75 Å². The number of carbonyl (C=O) groups is 1. The molecule has 8 heteroatoms. The number of anilines is 1. The van der Waals surface area contributed by atoms with E-state index in [0.29, 0.717) is 25.2 Å². The molecule has 0 spiro atoms. The minimum absolute atomic E-state index is 0.0606. The number of amides is 1. The quantitative estimate of drug-likeness (QED) is 0.614. The van der Waals surface area contributed by atoms with E-state index in [-0.39, 0.29) is 10.8 Å². The molecule has 3 rings (SSSR count). The Labute approximate surface area is 177 Å². The number of hydrogen-bond donors (Lipinski definition) is 1. The molecule has 1 amide bonds. The van der Waals surface area contributed by atoms with Crippen molar-refractivity contribution < 1.29 is 22.7 Å². The average Bonchev–Trinajstić information content (AvgIpc) is 2.72. The summed E-state index contributed by atoms with van der Waals surface area (Å²) in [5.74, 6) is 0.521. The lowest BCUT2D eigenvalue weighted by Gasteiger charge is -2.26. The fraction of sp³-hybridized carbons (Fsp3) is 0.409. The number of carbonyl (C=O) groups excluding carboxylic acids is 1. The van der Waals surface area contributed by atoms with Crippen LogP contribution in [0.5, 0.6) is 5.75 Å². The SMILES string of the molecule is CS(=O)(=O)c1ccc(OCCCC(=O)Nc2cccc(CN3CCOCC3)c2)cc1. The van der Waals surface area contributed by atoms with Gasteiger partial charge in [0.05, 0.1) is 24.7 Å². The second-order valence-corrected chi connectivity index (χ2v) is 9.35. The van der Waals surface area contributed by atoms with Crippen LogP contribution in [-0.4, -0.2) is 58.4 Å². The van der Waals surface area contributed by atoms with Crippen molar-refractivity contribution in [1.82, 2.24) is 4.90 Å². The van der Waals surface area contributed by atoms with Crippen LogP contribution in [0.4, 0.5) is 5.69 Å². The van der Waals surface area contributed by atoms with Gasteiger partial charge in [-0.1, -0.05) is 12.1 Å². The summed E-state index contributed by atoms with van der Waals surface area (Å²) < 4.78 is 33.9. The molecule has 1 heterocycles. The fourth-order valence-corrected chi connectivity index (χ4v) is 3.82. The monoisotopic (exact) mass is 432 g/mol. The Morgan fingerprint density at radius 3 is 2.57 bits per heavy atom. The second-order valence-electron chi connectivity index (χ2n) is 7.33. The summed E-state index contributed by atoms with van der Waals surface area (Å²) in [5, 5.41) is 2.94. The van der Waals surface area contributed by atoms with Crippen LogP contribution in [0.3, 0.4) is 0 Å². The van der Waals surface area contributed by atoms with E-state index < -0.39 is 9.84 Å². The number of nitrogens with zero attached hydrogens (tertiary/aromatic N) is 1. The molecule has 0 bridgehead atoms. The Kier molecular flexibility index (Phi) is 7.84. The number of ether oxygens (including phenoxy) is 2. The molecule has 30 heavy (non-hydrogen) atoms. The first-order valence-electron chi connectivity index (χ1n) is 10.0. The van der Waals surface area contributed by atoms with Gasteiger partial charge in [0.25, 0.3) is 0 Å². The molecule has 0 saturated carbocycles.